The van der Waals surface area contributed by atoms with Gasteiger partial charge in [0.1, 0.15) is 0 Å². The highest BCUT2D eigenvalue weighted by Gasteiger charge is 2.12. The van der Waals surface area contributed by atoms with Crippen molar-refractivity contribution in [3.63, 3.8) is 0 Å². The normalized spacial score (nSPS) is 13.9. The average molecular weight is 197 g/mol. The summed E-state index contributed by atoms with van der Waals surface area (Å²) in [5.41, 5.74) is 4.67. The maximum absolute atomic E-state index is 5.34. The lowest BCUT2D eigenvalue weighted by molar-refractivity contribution is 0.133. The molecule has 1 aliphatic heterocycles. The third kappa shape index (κ3) is 1.53. The van der Waals surface area contributed by atoms with Crippen molar-refractivity contribution >= 4 is 0 Å². The van der Waals surface area contributed by atoms with E-state index in [2.05, 4.69) is 23.2 Å². The van der Waals surface area contributed by atoms with Crippen molar-refractivity contribution in [1.82, 2.24) is 4.98 Å². The summed E-state index contributed by atoms with van der Waals surface area (Å²) in [7, 11) is 0. The molecule has 0 amide bonds. The van der Waals surface area contributed by atoms with Crippen LogP contribution >= 0.6 is 0 Å². The van der Waals surface area contributed by atoms with Gasteiger partial charge in [-0.15, -0.1) is 0 Å². The molecule has 0 radical (unpaired) electrons. The molecule has 0 spiro atoms. The first-order chi connectivity index (χ1) is 7.43. The molecule has 0 saturated heterocycles. The van der Waals surface area contributed by atoms with Crippen LogP contribution in [-0.2, 0) is 18.0 Å². The van der Waals surface area contributed by atoms with Gasteiger partial charge in [0, 0.05) is 17.3 Å². The van der Waals surface area contributed by atoms with Gasteiger partial charge >= 0.3 is 0 Å². The van der Waals surface area contributed by atoms with E-state index in [0.717, 1.165) is 5.69 Å². The summed E-state index contributed by atoms with van der Waals surface area (Å²) in [5, 5.41) is 0. The molecule has 1 aromatic carbocycles. The van der Waals surface area contributed by atoms with E-state index < -0.39 is 0 Å². The predicted molar refractivity (Wildman–Crippen MR) is 58.2 cm³/mol. The SMILES string of the molecule is c1ccc(-c2cnc3c(c2)COC3)cc1. The number of fused-ring (bicyclic) bond motifs is 1. The first-order valence-corrected chi connectivity index (χ1v) is 5.04. The number of hydrogen-bond acceptors (Lipinski definition) is 2. The Kier molecular flexibility index (Phi) is 2.00. The molecule has 0 fully saturated rings. The molecule has 2 nitrogen and oxygen atoms in total. The van der Waals surface area contributed by atoms with E-state index in [4.69, 9.17) is 4.74 Å². The van der Waals surface area contributed by atoms with Gasteiger partial charge in [0.2, 0.25) is 0 Å². The summed E-state index contributed by atoms with van der Waals surface area (Å²) in [6, 6.07) is 12.5. The summed E-state index contributed by atoms with van der Waals surface area (Å²) in [6.07, 6.45) is 1.92. The third-order valence-electron chi connectivity index (χ3n) is 2.66. The van der Waals surface area contributed by atoms with E-state index in [9.17, 15) is 0 Å². The fraction of sp³-hybridized carbons (Fsp3) is 0.154. The minimum atomic E-state index is 0.657. The van der Waals surface area contributed by atoms with Crippen molar-refractivity contribution in [2.24, 2.45) is 0 Å². The maximum Gasteiger partial charge on any atom is 0.0896 e. The van der Waals surface area contributed by atoms with E-state index in [1.54, 1.807) is 0 Å². The van der Waals surface area contributed by atoms with Crippen molar-refractivity contribution in [3.8, 4) is 11.1 Å². The number of rotatable bonds is 1. The fourth-order valence-electron chi connectivity index (χ4n) is 1.84. The van der Waals surface area contributed by atoms with Crippen LogP contribution in [0.25, 0.3) is 11.1 Å². The molecule has 0 unspecified atom stereocenters. The minimum Gasteiger partial charge on any atom is -0.370 e. The molecule has 0 atom stereocenters. The summed E-state index contributed by atoms with van der Waals surface area (Å²) < 4.78 is 5.34. The van der Waals surface area contributed by atoms with Gasteiger partial charge in [-0.2, -0.15) is 0 Å². The quantitative estimate of drug-likeness (QED) is 0.701. The molecule has 0 aliphatic carbocycles. The van der Waals surface area contributed by atoms with Crippen LogP contribution < -0.4 is 0 Å². The molecule has 3 rings (SSSR count). The number of pyridine rings is 1. The van der Waals surface area contributed by atoms with Crippen LogP contribution in [0.15, 0.2) is 42.6 Å². The first-order valence-electron chi connectivity index (χ1n) is 5.04. The number of nitrogens with zero attached hydrogens (tertiary/aromatic N) is 1. The van der Waals surface area contributed by atoms with Crippen molar-refractivity contribution in [2.45, 2.75) is 13.2 Å². The van der Waals surface area contributed by atoms with Gasteiger partial charge in [0.25, 0.3) is 0 Å². The van der Waals surface area contributed by atoms with Crippen molar-refractivity contribution in [3.05, 3.63) is 53.9 Å². The number of benzene rings is 1. The summed E-state index contributed by atoms with van der Waals surface area (Å²) >= 11 is 0. The highest BCUT2D eigenvalue weighted by atomic mass is 16.5. The van der Waals surface area contributed by atoms with Crippen LogP contribution in [-0.4, -0.2) is 4.98 Å². The Labute approximate surface area is 88.5 Å². The molecule has 15 heavy (non-hydrogen) atoms. The van der Waals surface area contributed by atoms with Crippen molar-refractivity contribution < 1.29 is 4.74 Å². The molecule has 1 aliphatic rings. The van der Waals surface area contributed by atoms with E-state index in [1.807, 2.05) is 24.4 Å². The van der Waals surface area contributed by atoms with Crippen LogP contribution in [0.1, 0.15) is 11.3 Å². The molecular weight excluding hydrogens is 186 g/mol. The monoisotopic (exact) mass is 197 g/mol. The van der Waals surface area contributed by atoms with Gasteiger partial charge in [-0.3, -0.25) is 4.98 Å². The largest absolute Gasteiger partial charge is 0.370 e. The molecule has 1 aromatic heterocycles. The van der Waals surface area contributed by atoms with E-state index in [0.29, 0.717) is 13.2 Å². The topological polar surface area (TPSA) is 22.1 Å². The molecular formula is C13H11NO. The van der Waals surface area contributed by atoms with Gasteiger partial charge < -0.3 is 4.74 Å². The predicted octanol–water partition coefficient (Wildman–Crippen LogP) is 2.78. The maximum atomic E-state index is 5.34. The molecule has 0 saturated carbocycles. The lowest BCUT2D eigenvalue weighted by atomic mass is 10.1. The number of ether oxygens (including phenoxy) is 1. The Morgan fingerprint density at radius 3 is 2.73 bits per heavy atom. The van der Waals surface area contributed by atoms with Gasteiger partial charge in [-0.05, 0) is 11.6 Å². The van der Waals surface area contributed by atoms with Gasteiger partial charge in [-0.25, -0.2) is 0 Å². The van der Waals surface area contributed by atoms with Crippen LogP contribution in [0.5, 0.6) is 0 Å². The van der Waals surface area contributed by atoms with Crippen molar-refractivity contribution in [1.29, 1.82) is 0 Å². The Morgan fingerprint density at radius 1 is 1.00 bits per heavy atom. The van der Waals surface area contributed by atoms with Crippen LogP contribution in [0.4, 0.5) is 0 Å². The fourth-order valence-corrected chi connectivity index (χ4v) is 1.84. The van der Waals surface area contributed by atoms with Gasteiger partial charge in [0.15, 0.2) is 0 Å². The zero-order valence-corrected chi connectivity index (χ0v) is 8.31. The molecule has 0 bridgehead atoms. The van der Waals surface area contributed by atoms with Crippen LogP contribution in [0.2, 0.25) is 0 Å². The Morgan fingerprint density at radius 2 is 1.87 bits per heavy atom. The standard InChI is InChI=1S/C13H11NO/c1-2-4-10(5-3-1)11-6-12-8-15-9-13(12)14-7-11/h1-7H,8-9H2. The second-order valence-electron chi connectivity index (χ2n) is 3.69. The Hall–Kier alpha value is -1.67. The summed E-state index contributed by atoms with van der Waals surface area (Å²) in [5.74, 6) is 0. The second kappa shape index (κ2) is 3.48. The highest BCUT2D eigenvalue weighted by Crippen LogP contribution is 2.24. The Balaban J connectivity index is 2.07. The molecule has 0 N–H and O–H groups in total. The third-order valence-corrected chi connectivity index (χ3v) is 2.66. The smallest absolute Gasteiger partial charge is 0.0896 e. The summed E-state index contributed by atoms with van der Waals surface area (Å²) in [6.45, 7) is 1.35. The molecule has 2 heterocycles. The second-order valence-corrected chi connectivity index (χ2v) is 3.69. The number of hydrogen-bond donors (Lipinski definition) is 0. The average Bonchev–Trinajstić information content (AvgIpc) is 2.77. The zero-order chi connectivity index (χ0) is 10.1. The molecule has 2 aromatic rings. The summed E-state index contributed by atoms with van der Waals surface area (Å²) in [4.78, 5) is 4.41. The molecule has 74 valence electrons. The number of aromatic nitrogens is 1. The van der Waals surface area contributed by atoms with E-state index >= 15 is 0 Å². The van der Waals surface area contributed by atoms with Crippen LogP contribution in [0, 0.1) is 0 Å². The lowest BCUT2D eigenvalue weighted by Crippen LogP contribution is -1.88. The van der Waals surface area contributed by atoms with Gasteiger partial charge in [-0.1, -0.05) is 30.3 Å². The first kappa shape index (κ1) is 8.62. The minimum absolute atomic E-state index is 0.657. The van der Waals surface area contributed by atoms with Crippen LogP contribution in [0.3, 0.4) is 0 Å². The van der Waals surface area contributed by atoms with Crippen molar-refractivity contribution in [2.75, 3.05) is 0 Å². The van der Waals surface area contributed by atoms with E-state index in [1.165, 1.54) is 16.7 Å². The van der Waals surface area contributed by atoms with E-state index in [-0.39, 0.29) is 0 Å². The lowest BCUT2D eigenvalue weighted by Gasteiger charge is -2.02. The highest BCUT2D eigenvalue weighted by molar-refractivity contribution is 5.63. The Bertz CT molecular complexity index is 479. The molecule has 2 heteroatoms. The van der Waals surface area contributed by atoms with Gasteiger partial charge in [0.05, 0.1) is 18.9 Å². The zero-order valence-electron chi connectivity index (χ0n) is 8.31.